The lowest BCUT2D eigenvalue weighted by Crippen LogP contribution is -2.53. The van der Waals surface area contributed by atoms with Gasteiger partial charge in [-0.15, -0.1) is 0 Å². The van der Waals surface area contributed by atoms with Gasteiger partial charge in [0.05, 0.1) is 12.1 Å². The average molecular weight is 243 g/mol. The molecule has 0 aromatic carbocycles. The minimum absolute atomic E-state index is 0.326. The molecule has 1 aliphatic rings. The first-order chi connectivity index (χ1) is 7.35. The Balaban J connectivity index is 2.56. The van der Waals surface area contributed by atoms with Crippen LogP contribution in [0.1, 0.15) is 25.7 Å². The van der Waals surface area contributed by atoms with Crippen LogP contribution >= 0.6 is 0 Å². The Bertz CT molecular complexity index is 260. The van der Waals surface area contributed by atoms with Crippen LogP contribution in [0.4, 0.5) is 17.6 Å². The SMILES string of the molecule is O=C(N[C@H]1CCCC[C@@H]1O)C(F)(F)C(F)F. The smallest absolute Gasteiger partial charge is 0.383 e. The van der Waals surface area contributed by atoms with Crippen molar-refractivity contribution in [2.45, 2.75) is 50.2 Å². The van der Waals surface area contributed by atoms with Crippen molar-refractivity contribution in [1.29, 1.82) is 0 Å². The second-order valence-electron chi connectivity index (χ2n) is 3.86. The molecule has 94 valence electrons. The molecule has 2 N–H and O–H groups in total. The Morgan fingerprint density at radius 2 is 1.88 bits per heavy atom. The Morgan fingerprint density at radius 3 is 2.38 bits per heavy atom. The number of carbonyl (C=O) groups is 1. The van der Waals surface area contributed by atoms with E-state index in [0.29, 0.717) is 19.3 Å². The molecule has 1 fully saturated rings. The molecule has 0 spiro atoms. The largest absolute Gasteiger partial charge is 0.391 e. The zero-order valence-corrected chi connectivity index (χ0v) is 8.43. The van der Waals surface area contributed by atoms with E-state index in [1.165, 1.54) is 0 Å². The highest BCUT2D eigenvalue weighted by Crippen LogP contribution is 2.25. The number of halogens is 4. The molecule has 1 rings (SSSR count). The lowest BCUT2D eigenvalue weighted by molar-refractivity contribution is -0.171. The van der Waals surface area contributed by atoms with Gasteiger partial charge in [0.2, 0.25) is 0 Å². The molecular formula is C9H13F4NO2. The summed E-state index contributed by atoms with van der Waals surface area (Å²) in [6.45, 7) is 0. The molecule has 1 aliphatic carbocycles. The van der Waals surface area contributed by atoms with Gasteiger partial charge in [0.1, 0.15) is 0 Å². The van der Waals surface area contributed by atoms with E-state index in [1.807, 2.05) is 0 Å². The molecule has 0 unspecified atom stereocenters. The molecule has 0 aromatic rings. The minimum Gasteiger partial charge on any atom is -0.391 e. The Hall–Kier alpha value is -0.850. The van der Waals surface area contributed by atoms with E-state index in [9.17, 15) is 27.5 Å². The average Bonchev–Trinajstić information content (AvgIpc) is 2.21. The van der Waals surface area contributed by atoms with Gasteiger partial charge in [-0.25, -0.2) is 8.78 Å². The number of amides is 1. The van der Waals surface area contributed by atoms with E-state index in [0.717, 1.165) is 6.42 Å². The van der Waals surface area contributed by atoms with E-state index in [-0.39, 0.29) is 0 Å². The van der Waals surface area contributed by atoms with Crippen molar-refractivity contribution in [1.82, 2.24) is 5.32 Å². The molecule has 3 nitrogen and oxygen atoms in total. The van der Waals surface area contributed by atoms with E-state index < -0.39 is 30.4 Å². The molecule has 16 heavy (non-hydrogen) atoms. The fourth-order valence-corrected chi connectivity index (χ4v) is 1.64. The standard InChI is InChI=1S/C9H13F4NO2/c10-7(11)9(12,13)8(16)14-5-3-1-2-4-6(5)15/h5-7,15H,1-4H2,(H,14,16)/t5-,6-/m0/s1. The maximum Gasteiger partial charge on any atom is 0.383 e. The summed E-state index contributed by atoms with van der Waals surface area (Å²) in [5.41, 5.74) is 0. The second-order valence-corrected chi connectivity index (χ2v) is 3.86. The summed E-state index contributed by atoms with van der Waals surface area (Å²) in [4.78, 5) is 10.9. The molecule has 7 heteroatoms. The number of hydrogen-bond acceptors (Lipinski definition) is 2. The van der Waals surface area contributed by atoms with Gasteiger partial charge < -0.3 is 10.4 Å². The molecule has 1 saturated carbocycles. The van der Waals surface area contributed by atoms with Crippen LogP contribution in [-0.4, -0.2) is 35.5 Å². The van der Waals surface area contributed by atoms with Crippen LogP contribution in [-0.2, 0) is 4.79 Å². The molecular weight excluding hydrogens is 230 g/mol. The van der Waals surface area contributed by atoms with Crippen LogP contribution in [0.5, 0.6) is 0 Å². The summed E-state index contributed by atoms with van der Waals surface area (Å²) in [6, 6.07) is -0.856. The van der Waals surface area contributed by atoms with Crippen molar-refractivity contribution in [2.24, 2.45) is 0 Å². The first-order valence-electron chi connectivity index (χ1n) is 5.00. The first-order valence-corrected chi connectivity index (χ1v) is 5.00. The number of aliphatic hydroxyl groups is 1. The summed E-state index contributed by atoms with van der Waals surface area (Å²) in [5.74, 6) is -6.72. The van der Waals surface area contributed by atoms with E-state index in [1.54, 1.807) is 5.32 Å². The molecule has 0 radical (unpaired) electrons. The van der Waals surface area contributed by atoms with Gasteiger partial charge in [-0.1, -0.05) is 12.8 Å². The fraction of sp³-hybridized carbons (Fsp3) is 0.889. The topological polar surface area (TPSA) is 49.3 Å². The second kappa shape index (κ2) is 4.99. The van der Waals surface area contributed by atoms with Crippen molar-refractivity contribution in [3.8, 4) is 0 Å². The van der Waals surface area contributed by atoms with Crippen molar-refractivity contribution in [3.63, 3.8) is 0 Å². The number of aliphatic hydroxyl groups excluding tert-OH is 1. The Labute approximate surface area is 89.8 Å². The predicted octanol–water partition coefficient (Wildman–Crippen LogP) is 1.31. The van der Waals surface area contributed by atoms with Crippen LogP contribution in [0.2, 0.25) is 0 Å². The number of nitrogens with one attached hydrogen (secondary N) is 1. The van der Waals surface area contributed by atoms with E-state index >= 15 is 0 Å². The highest BCUT2D eigenvalue weighted by atomic mass is 19.3. The highest BCUT2D eigenvalue weighted by Gasteiger charge is 2.49. The normalized spacial score (nSPS) is 26.9. The van der Waals surface area contributed by atoms with Gasteiger partial charge in [0.25, 0.3) is 5.91 Å². The summed E-state index contributed by atoms with van der Waals surface area (Å²) < 4.78 is 48.8. The summed E-state index contributed by atoms with van der Waals surface area (Å²) in [5, 5.41) is 11.1. The Morgan fingerprint density at radius 1 is 1.31 bits per heavy atom. The van der Waals surface area contributed by atoms with Crippen LogP contribution in [0.15, 0.2) is 0 Å². The van der Waals surface area contributed by atoms with E-state index in [2.05, 4.69) is 0 Å². The number of hydrogen-bond donors (Lipinski definition) is 2. The molecule has 2 atom stereocenters. The molecule has 0 heterocycles. The number of carbonyl (C=O) groups excluding carboxylic acids is 1. The third-order valence-corrected chi connectivity index (χ3v) is 2.62. The van der Waals surface area contributed by atoms with Crippen LogP contribution in [0.3, 0.4) is 0 Å². The van der Waals surface area contributed by atoms with Crippen molar-refractivity contribution < 1.29 is 27.5 Å². The zero-order chi connectivity index (χ0) is 12.3. The zero-order valence-electron chi connectivity index (χ0n) is 8.43. The summed E-state index contributed by atoms with van der Waals surface area (Å²) >= 11 is 0. The lowest BCUT2D eigenvalue weighted by atomic mass is 9.92. The van der Waals surface area contributed by atoms with Gasteiger partial charge in [-0.05, 0) is 12.8 Å². The quantitative estimate of drug-likeness (QED) is 0.734. The lowest BCUT2D eigenvalue weighted by Gasteiger charge is -2.29. The molecule has 0 aromatic heterocycles. The van der Waals surface area contributed by atoms with Crippen LogP contribution < -0.4 is 5.32 Å². The van der Waals surface area contributed by atoms with Gasteiger partial charge in [-0.2, -0.15) is 8.78 Å². The fourth-order valence-electron chi connectivity index (χ4n) is 1.64. The first kappa shape index (κ1) is 13.2. The monoisotopic (exact) mass is 243 g/mol. The maximum atomic E-state index is 12.6. The van der Waals surface area contributed by atoms with Gasteiger partial charge >= 0.3 is 12.3 Å². The van der Waals surface area contributed by atoms with Crippen LogP contribution in [0.25, 0.3) is 0 Å². The van der Waals surface area contributed by atoms with Gasteiger partial charge in [0.15, 0.2) is 0 Å². The van der Waals surface area contributed by atoms with Crippen molar-refractivity contribution in [2.75, 3.05) is 0 Å². The summed E-state index contributed by atoms with van der Waals surface area (Å²) in [6.07, 6.45) is -2.86. The summed E-state index contributed by atoms with van der Waals surface area (Å²) in [7, 11) is 0. The third kappa shape index (κ3) is 2.84. The van der Waals surface area contributed by atoms with Crippen LogP contribution in [0, 0.1) is 0 Å². The van der Waals surface area contributed by atoms with Crippen molar-refractivity contribution in [3.05, 3.63) is 0 Å². The minimum atomic E-state index is -4.70. The molecule has 0 saturated heterocycles. The third-order valence-electron chi connectivity index (χ3n) is 2.62. The van der Waals surface area contributed by atoms with Crippen molar-refractivity contribution >= 4 is 5.91 Å². The highest BCUT2D eigenvalue weighted by molar-refractivity contribution is 5.84. The Kier molecular flexibility index (Phi) is 4.12. The van der Waals surface area contributed by atoms with Gasteiger partial charge in [-0.3, -0.25) is 4.79 Å². The molecule has 1 amide bonds. The van der Waals surface area contributed by atoms with Gasteiger partial charge in [0, 0.05) is 0 Å². The number of alkyl halides is 4. The maximum absolute atomic E-state index is 12.6. The molecule has 0 bridgehead atoms. The number of rotatable bonds is 3. The molecule has 0 aliphatic heterocycles. The predicted molar refractivity (Wildman–Crippen MR) is 47.4 cm³/mol. The van der Waals surface area contributed by atoms with E-state index in [4.69, 9.17) is 0 Å².